The average Bonchev–Trinajstić information content (AvgIpc) is 1.38. The number of piperazine rings is 4. The predicted octanol–water partition coefficient (Wildman–Crippen LogP) is 14.0. The van der Waals surface area contributed by atoms with Crippen molar-refractivity contribution in [1.82, 2.24) is 94.7 Å². The Kier molecular flexibility index (Phi) is 24.0. The van der Waals surface area contributed by atoms with Gasteiger partial charge in [0.2, 0.25) is 0 Å². The fraction of sp³-hybridized carbons (Fsp3) is 0.348. The van der Waals surface area contributed by atoms with Gasteiger partial charge in [0.05, 0.1) is 88.4 Å². The number of imidazole rings is 4. The van der Waals surface area contributed by atoms with E-state index in [0.29, 0.717) is 112 Å². The Labute approximate surface area is 736 Å². The van der Waals surface area contributed by atoms with Crippen molar-refractivity contribution in [3.8, 4) is 45.0 Å². The molecule has 0 amide bonds. The van der Waals surface area contributed by atoms with Gasteiger partial charge >= 0.3 is 0 Å². The van der Waals surface area contributed by atoms with E-state index in [2.05, 4.69) is 133 Å². The molecule has 640 valence electrons. The minimum atomic E-state index is -0.112. The highest BCUT2D eigenvalue weighted by Gasteiger charge is 2.29. The predicted molar refractivity (Wildman–Crippen MR) is 497 cm³/mol. The normalized spacial score (nSPS) is 17.1. The van der Waals surface area contributed by atoms with Crippen LogP contribution in [0.3, 0.4) is 0 Å². The molecule has 20 heterocycles. The number of hydrogen-bond donors (Lipinski definition) is 0. The highest BCUT2D eigenvalue weighted by atomic mass is 35.5. The monoisotopic (exact) mass is 1740 g/mol. The summed E-state index contributed by atoms with van der Waals surface area (Å²) in [7, 11) is 0. The summed E-state index contributed by atoms with van der Waals surface area (Å²) in [5.74, 6) is 0. The van der Waals surface area contributed by atoms with Gasteiger partial charge in [-0.1, -0.05) is 67.2 Å². The van der Waals surface area contributed by atoms with Gasteiger partial charge in [-0.2, -0.15) is 0 Å². The van der Waals surface area contributed by atoms with Crippen molar-refractivity contribution in [2.24, 2.45) is 0 Å². The van der Waals surface area contributed by atoms with Gasteiger partial charge in [-0.05, 0) is 155 Å². The summed E-state index contributed by atoms with van der Waals surface area (Å²) in [5.41, 5.74) is 18.0. The summed E-state index contributed by atoms with van der Waals surface area (Å²) in [6, 6.07) is 31.3. The fourth-order valence-corrected chi connectivity index (χ4v) is 18.7. The molecule has 20 rings (SSSR count). The summed E-state index contributed by atoms with van der Waals surface area (Å²) in [5, 5.41) is 2.12. The molecule has 4 fully saturated rings. The molecule has 0 unspecified atom stereocenters. The van der Waals surface area contributed by atoms with Crippen LogP contribution in [-0.4, -0.2) is 224 Å². The molecule has 28 nitrogen and oxygen atoms in total. The minimum absolute atomic E-state index is 0.109. The second kappa shape index (κ2) is 35.2. The Balaban J connectivity index is 0.000000117. The smallest absolute Gasteiger partial charge is 0.258 e. The summed E-state index contributed by atoms with van der Waals surface area (Å²) in [4.78, 5) is 108. The van der Waals surface area contributed by atoms with Gasteiger partial charge in [0, 0.05) is 230 Å². The van der Waals surface area contributed by atoms with Crippen LogP contribution in [0.15, 0.2) is 191 Å². The Morgan fingerprint density at radius 1 is 0.323 bits per heavy atom. The second-order valence-corrected chi connectivity index (χ2v) is 34.7. The zero-order chi connectivity index (χ0) is 86.8. The van der Waals surface area contributed by atoms with Gasteiger partial charge in [0.15, 0.2) is 22.6 Å². The van der Waals surface area contributed by atoms with Crippen LogP contribution in [0.5, 0.6) is 0 Å². The molecule has 124 heavy (non-hydrogen) atoms. The lowest BCUT2D eigenvalue weighted by molar-refractivity contribution is 0.148. The number of aromatic nitrogens is 16. The molecule has 16 aromatic rings. The highest BCUT2D eigenvalue weighted by molar-refractivity contribution is 6.35. The highest BCUT2D eigenvalue weighted by Crippen LogP contribution is 2.33. The van der Waals surface area contributed by atoms with E-state index in [1.165, 1.54) is 0 Å². The van der Waals surface area contributed by atoms with Crippen LogP contribution in [0.1, 0.15) is 78.2 Å². The third-order valence-corrected chi connectivity index (χ3v) is 25.3. The van der Waals surface area contributed by atoms with Crippen molar-refractivity contribution >= 4 is 114 Å². The van der Waals surface area contributed by atoms with E-state index in [1.807, 2.05) is 174 Å². The number of fused-ring (bicyclic) bond motifs is 8. The standard InChI is InChI=1S/C24H27ClN6O.2C23H25ClN6O.C22H23ClN6O/c1-15(2)30-8-7-28(12-17(30)4)19-5-6-22-27-21(10-23(32)31(22)14-19)18-9-20(25)24-26-16(3)11-29(24)13-18;2*1-4-27-7-8-28(12-16(27)3)18-5-6-21-26-20(10-22(31)30(21)14-18)17-9-19(24)23-25-15(2)11-29(23)13-17;1-3-26-6-8-27(9-7-26)17-4-5-20-25-19(11-21(30)29(20)14-17)16-10-18(23)22-24-15(2)12-28(22)13-16/h5-6,9-11,13-15,17H,7-8,12H2,1-4H3;2*5-6,9-11,13-14,16H,4,7-8,12H2,1-3H3;4-5,10-14H,3,6-9H2,1-2H3/t17-;2*16-;/m110./s1. The van der Waals surface area contributed by atoms with E-state index in [4.69, 9.17) is 66.3 Å². The van der Waals surface area contributed by atoms with Gasteiger partial charge in [-0.3, -0.25) is 51.5 Å². The molecule has 0 aromatic carbocycles. The lowest BCUT2D eigenvalue weighted by atomic mass is 10.1. The lowest BCUT2D eigenvalue weighted by Gasteiger charge is -2.43. The van der Waals surface area contributed by atoms with Crippen LogP contribution in [0.4, 0.5) is 22.7 Å². The minimum Gasteiger partial charge on any atom is -0.368 e. The molecule has 4 aliphatic rings. The number of nitrogens with zero attached hydrogens (tertiary/aromatic N) is 24. The van der Waals surface area contributed by atoms with Gasteiger partial charge in [-0.15, -0.1) is 0 Å². The number of halogens is 4. The summed E-state index contributed by atoms with van der Waals surface area (Å²) < 4.78 is 14.0. The first-order valence-electron chi connectivity index (χ1n) is 42.4. The van der Waals surface area contributed by atoms with Crippen LogP contribution in [0, 0.1) is 27.7 Å². The third kappa shape index (κ3) is 17.4. The van der Waals surface area contributed by atoms with E-state index in [1.54, 1.807) is 41.9 Å². The molecule has 0 N–H and O–H groups in total. The Bertz CT molecular complexity index is 6810. The molecule has 32 heteroatoms. The number of hydrogen-bond acceptors (Lipinski definition) is 20. The Morgan fingerprint density at radius 3 is 0.863 bits per heavy atom. The molecule has 4 aliphatic heterocycles. The summed E-state index contributed by atoms with van der Waals surface area (Å²) in [6.07, 6.45) is 22.8. The van der Waals surface area contributed by atoms with Crippen molar-refractivity contribution < 1.29 is 0 Å². The number of likely N-dealkylation sites (N-methyl/N-ethyl adjacent to an activating group) is 3. The lowest BCUT2D eigenvalue weighted by Crippen LogP contribution is -2.54. The van der Waals surface area contributed by atoms with E-state index in [-0.39, 0.29) is 22.2 Å². The zero-order valence-corrected chi connectivity index (χ0v) is 74.7. The number of anilines is 4. The molecule has 16 aromatic heterocycles. The maximum Gasteiger partial charge on any atom is 0.258 e. The molecule has 4 saturated heterocycles. The van der Waals surface area contributed by atoms with Gasteiger partial charge in [-0.25, -0.2) is 39.9 Å². The second-order valence-electron chi connectivity index (χ2n) is 33.0. The van der Waals surface area contributed by atoms with Crippen molar-refractivity contribution in [2.45, 2.75) is 107 Å². The van der Waals surface area contributed by atoms with Crippen molar-refractivity contribution in [3.63, 3.8) is 0 Å². The number of rotatable bonds is 12. The summed E-state index contributed by atoms with van der Waals surface area (Å²) in [6.45, 7) is 41.5. The van der Waals surface area contributed by atoms with Crippen LogP contribution >= 0.6 is 46.4 Å². The molecular weight excluding hydrogens is 1650 g/mol. The molecule has 3 atom stereocenters. The largest absolute Gasteiger partial charge is 0.368 e. The van der Waals surface area contributed by atoms with E-state index in [9.17, 15) is 19.2 Å². The van der Waals surface area contributed by atoms with Crippen molar-refractivity contribution in [3.05, 3.63) is 256 Å². The zero-order valence-electron chi connectivity index (χ0n) is 71.7. The van der Waals surface area contributed by atoms with Crippen LogP contribution in [0.25, 0.3) is 90.2 Å². The maximum atomic E-state index is 13.0. The van der Waals surface area contributed by atoms with Crippen LogP contribution < -0.4 is 41.8 Å². The van der Waals surface area contributed by atoms with E-state index >= 15 is 0 Å². The van der Waals surface area contributed by atoms with Gasteiger partial charge in [0.1, 0.15) is 22.6 Å². The van der Waals surface area contributed by atoms with E-state index < -0.39 is 0 Å². The molecular formula is C92H100Cl4N24O4. The van der Waals surface area contributed by atoms with Crippen molar-refractivity contribution in [2.75, 3.05) is 124 Å². The number of aryl methyl sites for hydroxylation is 4. The fourth-order valence-electron chi connectivity index (χ4n) is 17.7. The first-order chi connectivity index (χ1) is 59.7. The molecule has 0 saturated carbocycles. The maximum absolute atomic E-state index is 13.0. The first-order valence-corrected chi connectivity index (χ1v) is 43.9. The van der Waals surface area contributed by atoms with Crippen LogP contribution in [-0.2, 0) is 0 Å². The van der Waals surface area contributed by atoms with Gasteiger partial charge < -0.3 is 42.1 Å². The molecule has 0 spiro atoms. The number of pyridine rings is 8. The summed E-state index contributed by atoms with van der Waals surface area (Å²) >= 11 is 25.7. The third-order valence-electron chi connectivity index (χ3n) is 24.2. The molecule has 0 radical (unpaired) electrons. The van der Waals surface area contributed by atoms with Crippen LogP contribution in [0.2, 0.25) is 20.1 Å². The van der Waals surface area contributed by atoms with E-state index in [0.717, 1.165) is 172 Å². The quantitative estimate of drug-likeness (QED) is 0.111. The molecule has 0 aliphatic carbocycles. The van der Waals surface area contributed by atoms with Crippen molar-refractivity contribution in [1.29, 1.82) is 0 Å². The first kappa shape index (κ1) is 84.6. The molecule has 0 bridgehead atoms. The Hall–Kier alpha value is -11.6. The Morgan fingerprint density at radius 2 is 0.597 bits per heavy atom. The average molecular weight is 1750 g/mol. The SMILES string of the molecule is CCN1CCN(c2ccc3nc(-c4cc(Cl)c5nc(C)cn5c4)cc(=O)n3c2)CC1.CCN1CCN(c2ccc3nc(-c4cc(Cl)c5nc(C)cn5c4)cc(=O)n3c2)C[C@@H]1C.CCN1CCN(c2ccc3nc(-c4cc(Cl)c5nc(C)cn5c4)cc(=O)n3c2)C[C@H]1C.Cc1cn2cc(-c3cc(=O)n4cc(N5CCN(C(C)C)[C@H](C)C5)ccc4n3)cc(Cl)c2n1. The van der Waals surface area contributed by atoms with Gasteiger partial charge in [0.25, 0.3) is 22.2 Å². The topological polar surface area (TPSA) is 233 Å².